The molecular weight excluding hydrogens is 909 g/mol. The van der Waals surface area contributed by atoms with E-state index in [4.69, 9.17) is 52.1 Å². The first-order chi connectivity index (χ1) is 34.5. The van der Waals surface area contributed by atoms with Gasteiger partial charge in [-0.3, -0.25) is 0 Å². The second-order valence-electron chi connectivity index (χ2n) is 17.0. The van der Waals surface area contributed by atoms with Crippen LogP contribution in [0.15, 0.2) is 142 Å². The molecule has 1 aliphatic carbocycles. The maximum Gasteiger partial charge on any atom is 0.187 e. The number of fused-ring (bicyclic) bond motifs is 3. The quantitative estimate of drug-likeness (QED) is 0.0548. The van der Waals surface area contributed by atoms with Gasteiger partial charge in [0.25, 0.3) is 0 Å². The summed E-state index contributed by atoms with van der Waals surface area (Å²) in [6.45, 7) is -0.180. The molecule has 0 N–H and O–H groups in total. The summed E-state index contributed by atoms with van der Waals surface area (Å²) in [5, 5.41) is 16.3. The van der Waals surface area contributed by atoms with E-state index in [9.17, 15) is 22.1 Å². The minimum atomic E-state index is -1.32. The summed E-state index contributed by atoms with van der Waals surface area (Å²) in [6, 6.07) is 34.7. The molecule has 70 heavy (non-hydrogen) atoms. The van der Waals surface area contributed by atoms with E-state index in [0.717, 1.165) is 22.3 Å². The predicted molar refractivity (Wildman–Crippen MR) is 244 cm³/mol. The maximum absolute atomic E-state index is 10.0. The molecule has 0 aromatic heterocycles. The second kappa shape index (κ2) is 24.0. The molecular formula is C47H50N12O11. The Balaban J connectivity index is 1.03. The number of hydrogen-bond acceptors (Lipinski definition) is 15. The lowest BCUT2D eigenvalue weighted by Crippen LogP contribution is -2.68. The third kappa shape index (κ3) is 11.5. The maximum atomic E-state index is 10.0. The number of hydrogen-bond donors (Lipinski definition) is 0. The van der Waals surface area contributed by atoms with Crippen molar-refractivity contribution in [2.45, 2.75) is 124 Å². The van der Waals surface area contributed by atoms with Gasteiger partial charge in [-0.25, -0.2) is 0 Å². The minimum absolute atomic E-state index is 0.0246. The van der Waals surface area contributed by atoms with Crippen LogP contribution in [0.1, 0.15) is 35.0 Å². The van der Waals surface area contributed by atoms with Crippen LogP contribution in [0.5, 0.6) is 0 Å². The number of azide groups is 4. The van der Waals surface area contributed by atoms with Crippen molar-refractivity contribution in [3.05, 3.63) is 185 Å². The molecule has 0 amide bonds. The summed E-state index contributed by atoms with van der Waals surface area (Å²) in [6.07, 6.45) is -13.4. The normalized spacial score (nSPS) is 33.6. The van der Waals surface area contributed by atoms with Crippen LogP contribution in [0.2, 0.25) is 0 Å². The molecule has 4 aromatic carbocycles. The standard InChI is InChI=1S/C47H50N12O11/c48-56-52-22-34-40(60-23-28-13-5-1-6-14-28)43(62-25-30-17-9-3-10-18-30)44-47(66-34)69-38-33(54-58-50)21-32(53-57-49)37(42(38)64-27-65-44)68-46-41(61-24-29-15-7-2-8-16-29)36(55-59-51)39-35(67-46)26-63-45(70-39)31-19-11-4-12-20-31/h1-20,32-47H,21-27H2/t32-,33+,34-,35-,36+,37+,38-,39-,40-,41-,42-,43+,44-,45+,46-,47-/m1/s1. The summed E-state index contributed by atoms with van der Waals surface area (Å²) in [5.41, 5.74) is 42.7. The molecule has 4 heterocycles. The highest BCUT2D eigenvalue weighted by molar-refractivity contribution is 5.18. The highest BCUT2D eigenvalue weighted by atomic mass is 16.8. The van der Waals surface area contributed by atoms with E-state index in [2.05, 4.69) is 40.1 Å². The van der Waals surface area contributed by atoms with Crippen LogP contribution in [0.25, 0.3) is 41.8 Å². The SMILES string of the molecule is [N-]=[N+]=NC[C@H]1O[C@@H]2O[C@H]3[C@H](OCO[C@@H]2[C@@H](OCc2ccccc2)[C@@H]1OCc1ccccc1)[C@@H](O[C@H]1O[C@@H]2CO[C@H](c4ccccc4)O[C@H]2[C@H](N=[N+]=[N-])[C@H]1OCc1ccccc1)[C@H](N=[N+]=[N-])C[C@@H]3N=[N+]=[N-]. The van der Waals surface area contributed by atoms with Crippen LogP contribution in [0, 0.1) is 0 Å². The molecule has 5 fully saturated rings. The fraction of sp³-hybridized carbons (Fsp3) is 0.489. The smallest absolute Gasteiger partial charge is 0.187 e. The number of nitrogens with zero attached hydrogens (tertiary/aromatic N) is 12. The molecule has 0 radical (unpaired) electrons. The summed E-state index contributed by atoms with van der Waals surface area (Å²) >= 11 is 0. The van der Waals surface area contributed by atoms with Crippen molar-refractivity contribution in [1.29, 1.82) is 0 Å². The highest BCUT2D eigenvalue weighted by Crippen LogP contribution is 2.42. The van der Waals surface area contributed by atoms with Gasteiger partial charge in [-0.2, -0.15) is 0 Å². The average Bonchev–Trinajstić information content (AvgIpc) is 3.39. The van der Waals surface area contributed by atoms with Crippen molar-refractivity contribution in [2.75, 3.05) is 19.9 Å². The number of rotatable bonds is 17. The molecule has 364 valence electrons. The van der Waals surface area contributed by atoms with Crippen molar-refractivity contribution in [3.63, 3.8) is 0 Å². The Morgan fingerprint density at radius 3 is 1.70 bits per heavy atom. The van der Waals surface area contributed by atoms with E-state index in [1.54, 1.807) is 0 Å². The fourth-order valence-electron chi connectivity index (χ4n) is 9.47. The van der Waals surface area contributed by atoms with Gasteiger partial charge in [-0.15, -0.1) is 0 Å². The largest absolute Gasteiger partial charge is 0.368 e. The van der Waals surface area contributed by atoms with Gasteiger partial charge in [-0.1, -0.05) is 142 Å². The molecule has 4 aromatic rings. The molecule has 16 atom stereocenters. The summed E-state index contributed by atoms with van der Waals surface area (Å²) in [5.74, 6) is 0. The molecule has 5 aliphatic rings. The van der Waals surface area contributed by atoms with E-state index < -0.39 is 105 Å². The van der Waals surface area contributed by atoms with E-state index in [0.29, 0.717) is 0 Å². The lowest BCUT2D eigenvalue weighted by molar-refractivity contribution is -0.383. The number of benzene rings is 4. The molecule has 0 spiro atoms. The van der Waals surface area contributed by atoms with Crippen LogP contribution >= 0.6 is 0 Å². The Hall–Kier alpha value is -6.32. The Morgan fingerprint density at radius 1 is 0.514 bits per heavy atom. The fourth-order valence-corrected chi connectivity index (χ4v) is 9.47. The zero-order valence-electron chi connectivity index (χ0n) is 37.6. The van der Waals surface area contributed by atoms with Crippen molar-refractivity contribution in [1.82, 2.24) is 0 Å². The first kappa shape index (κ1) is 48.7. The first-order valence-corrected chi connectivity index (χ1v) is 22.8. The Labute approximate surface area is 401 Å². The van der Waals surface area contributed by atoms with Gasteiger partial charge < -0.3 is 52.1 Å². The van der Waals surface area contributed by atoms with Crippen LogP contribution in [0.3, 0.4) is 0 Å². The number of ether oxygens (including phenoxy) is 11. The van der Waals surface area contributed by atoms with Gasteiger partial charge in [0.15, 0.2) is 18.9 Å². The van der Waals surface area contributed by atoms with E-state index in [1.807, 2.05) is 121 Å². The topological polar surface area (TPSA) is 297 Å². The molecule has 23 heteroatoms. The van der Waals surface area contributed by atoms with Crippen molar-refractivity contribution in [3.8, 4) is 0 Å². The first-order valence-electron chi connectivity index (χ1n) is 22.8. The zero-order chi connectivity index (χ0) is 48.1. The molecule has 9 rings (SSSR count). The Morgan fingerprint density at radius 2 is 1.09 bits per heavy atom. The highest BCUT2D eigenvalue weighted by Gasteiger charge is 2.57. The van der Waals surface area contributed by atoms with Gasteiger partial charge in [0.1, 0.15) is 49.5 Å². The molecule has 1 saturated carbocycles. The van der Waals surface area contributed by atoms with Crippen LogP contribution < -0.4 is 0 Å². The van der Waals surface area contributed by atoms with E-state index in [1.165, 1.54) is 0 Å². The molecule has 0 unspecified atom stereocenters. The molecule has 0 bridgehead atoms. The van der Waals surface area contributed by atoms with Gasteiger partial charge in [0.2, 0.25) is 0 Å². The monoisotopic (exact) mass is 958 g/mol. The lowest BCUT2D eigenvalue weighted by atomic mass is 9.83. The Bertz CT molecular complexity index is 2500. The average molecular weight is 959 g/mol. The molecule has 23 nitrogen and oxygen atoms in total. The van der Waals surface area contributed by atoms with Gasteiger partial charge in [0, 0.05) is 25.2 Å². The third-order valence-corrected chi connectivity index (χ3v) is 12.7. The van der Waals surface area contributed by atoms with E-state index in [-0.39, 0.29) is 39.4 Å². The Kier molecular flexibility index (Phi) is 16.7. The zero-order valence-corrected chi connectivity index (χ0v) is 37.6. The van der Waals surface area contributed by atoms with Crippen molar-refractivity contribution >= 4 is 0 Å². The minimum Gasteiger partial charge on any atom is -0.368 e. The lowest BCUT2D eigenvalue weighted by Gasteiger charge is -2.52. The third-order valence-electron chi connectivity index (χ3n) is 12.7. The predicted octanol–water partition coefficient (Wildman–Crippen LogP) is 8.57. The molecule has 4 saturated heterocycles. The summed E-state index contributed by atoms with van der Waals surface area (Å²) in [4.78, 5) is 12.5. The van der Waals surface area contributed by atoms with Crippen molar-refractivity contribution in [2.24, 2.45) is 20.5 Å². The van der Waals surface area contributed by atoms with E-state index >= 15 is 0 Å². The van der Waals surface area contributed by atoms with Crippen LogP contribution in [-0.2, 0) is 71.9 Å². The summed E-state index contributed by atoms with van der Waals surface area (Å²) < 4.78 is 72.4. The van der Waals surface area contributed by atoms with Crippen molar-refractivity contribution < 1.29 is 52.1 Å². The van der Waals surface area contributed by atoms with Gasteiger partial charge in [-0.05, 0) is 45.2 Å². The second-order valence-corrected chi connectivity index (χ2v) is 17.0. The van der Waals surface area contributed by atoms with Gasteiger partial charge >= 0.3 is 0 Å². The van der Waals surface area contributed by atoms with Crippen LogP contribution in [-0.4, -0.2) is 112 Å². The summed E-state index contributed by atoms with van der Waals surface area (Å²) in [7, 11) is 0. The van der Waals surface area contributed by atoms with Gasteiger partial charge in [0.05, 0.1) is 69.4 Å². The molecule has 4 aliphatic heterocycles. The van der Waals surface area contributed by atoms with Crippen LogP contribution in [0.4, 0.5) is 0 Å².